The number of benzene rings is 1. The number of halogens is 1. The smallest absolute Gasteiger partial charge is 0.253 e. The highest BCUT2D eigenvalue weighted by Gasteiger charge is 2.26. The van der Waals surface area contributed by atoms with Gasteiger partial charge in [0.2, 0.25) is 0 Å². The maximum Gasteiger partial charge on any atom is 0.253 e. The second kappa shape index (κ2) is 6.49. The van der Waals surface area contributed by atoms with E-state index in [0.29, 0.717) is 11.5 Å². The van der Waals surface area contributed by atoms with Gasteiger partial charge in [0.1, 0.15) is 5.75 Å². The largest absolute Gasteiger partial charge is 0.496 e. The summed E-state index contributed by atoms with van der Waals surface area (Å²) in [5, 5.41) is 0.187. The third kappa shape index (κ3) is 3.26. The number of alkyl halides is 1. The fraction of sp³-hybridized carbons (Fsp3) is 0.562. The molecule has 1 amide bonds. The summed E-state index contributed by atoms with van der Waals surface area (Å²) >= 11 is 6.14. The van der Waals surface area contributed by atoms with Crippen molar-refractivity contribution in [1.82, 2.24) is 4.90 Å². The number of aryl methyl sites for hydroxylation is 1. The predicted octanol–water partition coefficient (Wildman–Crippen LogP) is 3.48. The van der Waals surface area contributed by atoms with Gasteiger partial charge >= 0.3 is 0 Å². The summed E-state index contributed by atoms with van der Waals surface area (Å²) in [5.74, 6) is 1.37. The van der Waals surface area contributed by atoms with E-state index in [-0.39, 0.29) is 11.3 Å². The molecule has 0 N–H and O–H groups in total. The highest BCUT2D eigenvalue weighted by Crippen LogP contribution is 2.26. The molecule has 110 valence electrons. The zero-order valence-corrected chi connectivity index (χ0v) is 13.1. The zero-order chi connectivity index (χ0) is 14.7. The number of nitrogens with zero attached hydrogens (tertiary/aromatic N) is 1. The molecule has 1 aliphatic rings. The third-order valence-electron chi connectivity index (χ3n) is 4.13. The number of hydrogen-bond donors (Lipinski definition) is 0. The Hall–Kier alpha value is -1.22. The molecule has 1 unspecified atom stereocenters. The highest BCUT2D eigenvalue weighted by molar-refractivity contribution is 6.20. The fourth-order valence-electron chi connectivity index (χ4n) is 2.70. The average Bonchev–Trinajstić information content (AvgIpc) is 2.47. The molecule has 1 aromatic rings. The second-order valence-electron chi connectivity index (χ2n) is 5.49. The second-order valence-corrected chi connectivity index (χ2v) is 6.18. The highest BCUT2D eigenvalue weighted by atomic mass is 35.5. The molecule has 0 bridgehead atoms. The molecule has 0 aliphatic carbocycles. The summed E-state index contributed by atoms with van der Waals surface area (Å²) < 4.78 is 5.28. The van der Waals surface area contributed by atoms with Crippen molar-refractivity contribution in [3.05, 3.63) is 29.3 Å². The van der Waals surface area contributed by atoms with Crippen molar-refractivity contribution in [2.75, 3.05) is 20.2 Å². The molecule has 1 saturated heterocycles. The van der Waals surface area contributed by atoms with Crippen LogP contribution in [0, 0.1) is 12.8 Å². The fourth-order valence-corrected chi connectivity index (χ4v) is 2.95. The molecule has 1 aliphatic heterocycles. The van der Waals surface area contributed by atoms with Crippen LogP contribution in [-0.4, -0.2) is 36.4 Å². The van der Waals surface area contributed by atoms with Crippen molar-refractivity contribution in [2.24, 2.45) is 5.92 Å². The van der Waals surface area contributed by atoms with Crippen molar-refractivity contribution in [3.63, 3.8) is 0 Å². The van der Waals surface area contributed by atoms with Gasteiger partial charge < -0.3 is 9.64 Å². The van der Waals surface area contributed by atoms with Crippen molar-refractivity contribution >= 4 is 17.5 Å². The number of rotatable bonds is 3. The van der Waals surface area contributed by atoms with Gasteiger partial charge in [-0.25, -0.2) is 0 Å². The standard InChI is InChI=1S/C16H22ClNO2/c1-11-4-5-14(10-15(11)20-3)16(19)18-8-6-13(7-9-18)12(2)17/h4-5,10,12-13H,6-9H2,1-3H3. The van der Waals surface area contributed by atoms with Crippen LogP contribution in [0.1, 0.15) is 35.7 Å². The molecule has 4 heteroatoms. The first-order chi connectivity index (χ1) is 9.52. The Morgan fingerprint density at radius 2 is 2.05 bits per heavy atom. The Kier molecular flexibility index (Phi) is 4.92. The Morgan fingerprint density at radius 3 is 2.60 bits per heavy atom. The van der Waals surface area contributed by atoms with Gasteiger partial charge in [-0.3, -0.25) is 4.79 Å². The molecular weight excluding hydrogens is 274 g/mol. The maximum atomic E-state index is 12.5. The normalized spacial score (nSPS) is 17.9. The topological polar surface area (TPSA) is 29.5 Å². The number of carbonyl (C=O) groups is 1. The van der Waals surface area contributed by atoms with Gasteiger partial charge in [0, 0.05) is 24.0 Å². The third-order valence-corrected chi connectivity index (χ3v) is 4.49. The van der Waals surface area contributed by atoms with Gasteiger partial charge in [-0.2, -0.15) is 0 Å². The minimum absolute atomic E-state index is 0.0870. The molecule has 20 heavy (non-hydrogen) atoms. The van der Waals surface area contributed by atoms with E-state index >= 15 is 0 Å². The zero-order valence-electron chi connectivity index (χ0n) is 12.4. The van der Waals surface area contributed by atoms with E-state index in [1.807, 2.05) is 36.9 Å². The van der Waals surface area contributed by atoms with Crippen molar-refractivity contribution < 1.29 is 9.53 Å². The minimum Gasteiger partial charge on any atom is -0.496 e. The molecule has 1 aromatic carbocycles. The number of methoxy groups -OCH3 is 1. The number of piperidine rings is 1. The SMILES string of the molecule is COc1cc(C(=O)N2CCC(C(C)Cl)CC2)ccc1C. The van der Waals surface area contributed by atoms with Crippen LogP contribution in [0.5, 0.6) is 5.75 Å². The van der Waals surface area contributed by atoms with E-state index < -0.39 is 0 Å². The Morgan fingerprint density at radius 1 is 1.40 bits per heavy atom. The summed E-state index contributed by atoms with van der Waals surface area (Å²) in [6.45, 7) is 5.59. The van der Waals surface area contributed by atoms with Crippen LogP contribution < -0.4 is 4.74 Å². The van der Waals surface area contributed by atoms with Gasteiger partial charge in [0.05, 0.1) is 7.11 Å². The molecule has 0 saturated carbocycles. The van der Waals surface area contributed by atoms with Gasteiger partial charge in [0.25, 0.3) is 5.91 Å². The number of carbonyl (C=O) groups excluding carboxylic acids is 1. The molecule has 0 radical (unpaired) electrons. The maximum absolute atomic E-state index is 12.5. The Labute approximate surface area is 125 Å². The Bertz CT molecular complexity index is 479. The summed E-state index contributed by atoms with van der Waals surface area (Å²) in [4.78, 5) is 14.4. The van der Waals surface area contributed by atoms with Crippen molar-refractivity contribution in [3.8, 4) is 5.75 Å². The summed E-state index contributed by atoms with van der Waals surface area (Å²) in [6.07, 6.45) is 1.97. The first-order valence-corrected chi connectivity index (χ1v) is 7.54. The number of hydrogen-bond acceptors (Lipinski definition) is 2. The van der Waals surface area contributed by atoms with E-state index in [4.69, 9.17) is 16.3 Å². The molecular formula is C16H22ClNO2. The van der Waals surface area contributed by atoms with Crippen molar-refractivity contribution in [1.29, 1.82) is 0 Å². The average molecular weight is 296 g/mol. The van der Waals surface area contributed by atoms with Crippen LogP contribution in [0.25, 0.3) is 0 Å². The summed E-state index contributed by atoms with van der Waals surface area (Å²) in [6, 6.07) is 5.63. The lowest BCUT2D eigenvalue weighted by Crippen LogP contribution is -2.40. The predicted molar refractivity (Wildman–Crippen MR) is 81.7 cm³/mol. The molecule has 0 aromatic heterocycles. The van der Waals surface area contributed by atoms with Crippen LogP contribution in [0.3, 0.4) is 0 Å². The summed E-state index contributed by atoms with van der Waals surface area (Å²) in [5.41, 5.74) is 1.74. The van der Waals surface area contributed by atoms with E-state index in [1.165, 1.54) is 0 Å². The van der Waals surface area contributed by atoms with E-state index in [9.17, 15) is 4.79 Å². The molecule has 1 atom stereocenters. The lowest BCUT2D eigenvalue weighted by Gasteiger charge is -2.33. The lowest BCUT2D eigenvalue weighted by atomic mass is 9.93. The lowest BCUT2D eigenvalue weighted by molar-refractivity contribution is 0.0689. The van der Waals surface area contributed by atoms with Crippen LogP contribution in [0.15, 0.2) is 18.2 Å². The van der Waals surface area contributed by atoms with E-state index in [2.05, 4.69) is 0 Å². The van der Waals surface area contributed by atoms with Crippen LogP contribution in [0.2, 0.25) is 0 Å². The summed E-state index contributed by atoms with van der Waals surface area (Å²) in [7, 11) is 1.63. The van der Waals surface area contributed by atoms with Crippen LogP contribution in [-0.2, 0) is 0 Å². The molecule has 0 spiro atoms. The van der Waals surface area contributed by atoms with E-state index in [0.717, 1.165) is 37.2 Å². The minimum atomic E-state index is 0.0870. The number of amides is 1. The van der Waals surface area contributed by atoms with Gasteiger partial charge in [-0.1, -0.05) is 6.07 Å². The van der Waals surface area contributed by atoms with Gasteiger partial charge in [-0.15, -0.1) is 11.6 Å². The quantitative estimate of drug-likeness (QED) is 0.799. The molecule has 1 heterocycles. The van der Waals surface area contributed by atoms with Crippen LogP contribution in [0.4, 0.5) is 0 Å². The van der Waals surface area contributed by atoms with Gasteiger partial charge in [0.15, 0.2) is 0 Å². The van der Waals surface area contributed by atoms with Crippen LogP contribution >= 0.6 is 11.6 Å². The molecule has 1 fully saturated rings. The van der Waals surface area contributed by atoms with Crippen molar-refractivity contribution in [2.45, 2.75) is 32.1 Å². The monoisotopic (exact) mass is 295 g/mol. The first kappa shape index (κ1) is 15.2. The number of likely N-dealkylation sites (tertiary alicyclic amines) is 1. The number of ether oxygens (including phenoxy) is 1. The van der Waals surface area contributed by atoms with E-state index in [1.54, 1.807) is 7.11 Å². The Balaban J connectivity index is 2.05. The molecule has 3 nitrogen and oxygen atoms in total. The molecule has 2 rings (SSSR count). The first-order valence-electron chi connectivity index (χ1n) is 7.11. The van der Waals surface area contributed by atoms with Gasteiger partial charge in [-0.05, 0) is 50.3 Å².